The van der Waals surface area contributed by atoms with E-state index in [1.807, 2.05) is 33.8 Å². The van der Waals surface area contributed by atoms with Crippen molar-refractivity contribution in [3.8, 4) is 5.75 Å². The number of carbonyl (C=O) groups is 1. The first-order chi connectivity index (χ1) is 9.46. The highest BCUT2D eigenvalue weighted by molar-refractivity contribution is 7.46. The van der Waals surface area contributed by atoms with Crippen molar-refractivity contribution >= 4 is 13.6 Å². The van der Waals surface area contributed by atoms with E-state index in [1.54, 1.807) is 13.0 Å². The summed E-state index contributed by atoms with van der Waals surface area (Å²) in [4.78, 5) is 30.0. The first-order valence-electron chi connectivity index (χ1n) is 6.85. The molecule has 0 aliphatic carbocycles. The number of rotatable bonds is 6. The quantitative estimate of drug-likeness (QED) is 0.786. The second kappa shape index (κ2) is 6.30. The van der Waals surface area contributed by atoms with E-state index in [-0.39, 0.29) is 11.5 Å². The van der Waals surface area contributed by atoms with Gasteiger partial charge in [0, 0.05) is 23.8 Å². The molecule has 1 aromatic carbocycles. The van der Waals surface area contributed by atoms with Gasteiger partial charge >= 0.3 is 7.82 Å². The molecular formula is C15H23O5P. The molecule has 1 aromatic rings. The molecule has 0 aliphatic heterocycles. The summed E-state index contributed by atoms with van der Waals surface area (Å²) in [6.07, 6.45) is 0.730. The molecule has 21 heavy (non-hydrogen) atoms. The molecule has 0 saturated carbocycles. The van der Waals surface area contributed by atoms with Gasteiger partial charge in [-0.1, -0.05) is 26.8 Å². The lowest BCUT2D eigenvalue weighted by Crippen LogP contribution is -2.23. The third kappa shape index (κ3) is 4.95. The number of hydrogen-bond donors (Lipinski definition) is 2. The van der Waals surface area contributed by atoms with Crippen LogP contribution in [0.1, 0.15) is 50.3 Å². The highest BCUT2D eigenvalue weighted by Gasteiger charge is 2.31. The second-order valence-electron chi connectivity index (χ2n) is 5.99. The maximum absolute atomic E-state index is 11.8. The first-order valence-corrected chi connectivity index (χ1v) is 8.38. The maximum atomic E-state index is 11.8. The third-order valence-electron chi connectivity index (χ3n) is 3.37. The molecule has 0 bridgehead atoms. The van der Waals surface area contributed by atoms with Gasteiger partial charge in [0.2, 0.25) is 0 Å². The highest BCUT2D eigenvalue weighted by Crippen LogP contribution is 2.45. The van der Waals surface area contributed by atoms with Gasteiger partial charge in [-0.2, -0.15) is 0 Å². The fraction of sp³-hybridized carbons (Fsp3) is 0.533. The third-order valence-corrected chi connectivity index (χ3v) is 3.81. The number of phosphoric acid groups is 1. The zero-order chi connectivity index (χ0) is 16.4. The van der Waals surface area contributed by atoms with Crippen LogP contribution >= 0.6 is 7.82 Å². The van der Waals surface area contributed by atoms with Gasteiger partial charge in [-0.05, 0) is 31.0 Å². The smallest absolute Gasteiger partial charge is 0.404 e. The molecule has 5 nitrogen and oxygen atoms in total. The number of carbonyl (C=O) groups excluding carboxylic acids is 1. The van der Waals surface area contributed by atoms with Crippen LogP contribution < -0.4 is 4.52 Å². The summed E-state index contributed by atoms with van der Waals surface area (Å²) in [6, 6.07) is 3.51. The standard InChI is InChI=1S/C15H23O5P/c1-6-12(16)9-15(4,5)14-11(3)7-10(2)8-13(14)20-21(17,18)19/h7-8H,6,9H2,1-5H3,(H2,17,18,19). The van der Waals surface area contributed by atoms with E-state index in [4.69, 9.17) is 14.3 Å². The fourth-order valence-electron chi connectivity index (χ4n) is 2.70. The molecule has 1 rings (SSSR count). The van der Waals surface area contributed by atoms with Gasteiger partial charge in [-0.3, -0.25) is 14.6 Å². The predicted octanol–water partition coefficient (Wildman–Crippen LogP) is 3.42. The maximum Gasteiger partial charge on any atom is 0.524 e. The molecular weight excluding hydrogens is 291 g/mol. The molecule has 0 saturated heterocycles. The zero-order valence-corrected chi connectivity index (χ0v) is 14.0. The van der Waals surface area contributed by atoms with Gasteiger partial charge in [-0.25, -0.2) is 4.57 Å². The minimum Gasteiger partial charge on any atom is -0.404 e. The van der Waals surface area contributed by atoms with E-state index in [9.17, 15) is 9.36 Å². The molecule has 6 heteroatoms. The molecule has 0 aromatic heterocycles. The van der Waals surface area contributed by atoms with Gasteiger partial charge < -0.3 is 4.52 Å². The molecule has 0 amide bonds. The number of hydrogen-bond acceptors (Lipinski definition) is 3. The fourth-order valence-corrected chi connectivity index (χ4v) is 3.10. The Balaban J connectivity index is 3.39. The van der Waals surface area contributed by atoms with Crippen molar-refractivity contribution in [3.63, 3.8) is 0 Å². The highest BCUT2D eigenvalue weighted by atomic mass is 31.2. The van der Waals surface area contributed by atoms with Crippen molar-refractivity contribution in [3.05, 3.63) is 28.8 Å². The largest absolute Gasteiger partial charge is 0.524 e. The summed E-state index contributed by atoms with van der Waals surface area (Å²) in [6.45, 7) is 9.24. The van der Waals surface area contributed by atoms with Gasteiger partial charge in [0.1, 0.15) is 11.5 Å². The topological polar surface area (TPSA) is 83.8 Å². The van der Waals surface area contributed by atoms with Gasteiger partial charge in [-0.15, -0.1) is 0 Å². The Labute approximate surface area is 125 Å². The van der Waals surface area contributed by atoms with Crippen LogP contribution in [0.5, 0.6) is 5.75 Å². The van der Waals surface area contributed by atoms with Crippen LogP contribution in [0.15, 0.2) is 12.1 Å². The first kappa shape index (κ1) is 17.9. The summed E-state index contributed by atoms with van der Waals surface area (Å²) >= 11 is 0. The van der Waals surface area contributed by atoms with Crippen LogP contribution in [-0.4, -0.2) is 15.6 Å². The van der Waals surface area contributed by atoms with Crippen molar-refractivity contribution in [1.82, 2.24) is 0 Å². The van der Waals surface area contributed by atoms with Crippen LogP contribution in [0.4, 0.5) is 0 Å². The average Bonchev–Trinajstić information content (AvgIpc) is 2.23. The number of benzene rings is 1. The SMILES string of the molecule is CCC(=O)CC(C)(C)c1c(C)cc(C)cc1OP(=O)(O)O. The lowest BCUT2D eigenvalue weighted by molar-refractivity contribution is -0.119. The molecule has 0 radical (unpaired) electrons. The summed E-state index contributed by atoms with van der Waals surface area (Å²) < 4.78 is 16.0. The van der Waals surface area contributed by atoms with Gasteiger partial charge in [0.15, 0.2) is 0 Å². The van der Waals surface area contributed by atoms with Crippen LogP contribution in [-0.2, 0) is 14.8 Å². The predicted molar refractivity (Wildman–Crippen MR) is 81.5 cm³/mol. The minimum atomic E-state index is -4.65. The Morgan fingerprint density at radius 2 is 1.86 bits per heavy atom. The van der Waals surface area contributed by atoms with Gasteiger partial charge in [0.05, 0.1) is 0 Å². The van der Waals surface area contributed by atoms with E-state index < -0.39 is 13.2 Å². The molecule has 2 N–H and O–H groups in total. The molecule has 0 fully saturated rings. The summed E-state index contributed by atoms with van der Waals surface area (Å²) in [7, 11) is -4.65. The lowest BCUT2D eigenvalue weighted by Gasteiger charge is -2.29. The van der Waals surface area contributed by atoms with Crippen molar-refractivity contribution in [2.75, 3.05) is 0 Å². The van der Waals surface area contributed by atoms with E-state index in [0.29, 0.717) is 18.4 Å². The number of ketones is 1. The Bertz CT molecular complexity index is 586. The van der Waals surface area contributed by atoms with Crippen LogP contribution in [0.25, 0.3) is 0 Å². The number of phosphoric ester groups is 1. The molecule has 0 spiro atoms. The Morgan fingerprint density at radius 1 is 1.29 bits per heavy atom. The number of Topliss-reactive ketones (excluding diaryl/α,β-unsaturated/α-hetero) is 1. The Hall–Kier alpha value is -1.16. The van der Waals surface area contributed by atoms with E-state index in [0.717, 1.165) is 11.1 Å². The second-order valence-corrected chi connectivity index (χ2v) is 7.15. The monoisotopic (exact) mass is 314 g/mol. The van der Waals surface area contributed by atoms with Crippen molar-refractivity contribution < 1.29 is 23.7 Å². The summed E-state index contributed by atoms with van der Waals surface area (Å²) in [5.74, 6) is 0.247. The van der Waals surface area contributed by atoms with Crippen LogP contribution in [0, 0.1) is 13.8 Å². The number of aryl methyl sites for hydroxylation is 2. The van der Waals surface area contributed by atoms with E-state index >= 15 is 0 Å². The molecule has 0 atom stereocenters. The van der Waals surface area contributed by atoms with Crippen molar-refractivity contribution in [2.24, 2.45) is 0 Å². The summed E-state index contributed by atoms with van der Waals surface area (Å²) in [5, 5.41) is 0. The zero-order valence-electron chi connectivity index (χ0n) is 13.1. The Kier molecular flexibility index (Phi) is 5.37. The average molecular weight is 314 g/mol. The van der Waals surface area contributed by atoms with Gasteiger partial charge in [0.25, 0.3) is 0 Å². The normalized spacial score (nSPS) is 12.3. The van der Waals surface area contributed by atoms with E-state index in [1.165, 1.54) is 0 Å². The van der Waals surface area contributed by atoms with E-state index in [2.05, 4.69) is 0 Å². The van der Waals surface area contributed by atoms with Crippen molar-refractivity contribution in [2.45, 2.75) is 52.9 Å². The molecule has 0 aliphatic rings. The molecule has 118 valence electrons. The molecule has 0 heterocycles. The minimum absolute atomic E-state index is 0.0992. The Morgan fingerprint density at radius 3 is 2.33 bits per heavy atom. The van der Waals surface area contributed by atoms with Crippen molar-refractivity contribution in [1.29, 1.82) is 0 Å². The lowest BCUT2D eigenvalue weighted by atomic mass is 9.77. The molecule has 0 unspecified atom stereocenters. The van der Waals surface area contributed by atoms with Crippen LogP contribution in [0.3, 0.4) is 0 Å². The van der Waals surface area contributed by atoms with Crippen LogP contribution in [0.2, 0.25) is 0 Å². The summed E-state index contributed by atoms with van der Waals surface area (Å²) in [5.41, 5.74) is 1.80.